The average molecular weight is 328 g/mol. The summed E-state index contributed by atoms with van der Waals surface area (Å²) < 4.78 is 8.74. The van der Waals surface area contributed by atoms with Crippen LogP contribution in [0, 0.1) is 12.8 Å². The molecule has 0 radical (unpaired) electrons. The van der Waals surface area contributed by atoms with Gasteiger partial charge in [0.1, 0.15) is 11.5 Å². The molecule has 1 atom stereocenters. The summed E-state index contributed by atoms with van der Waals surface area (Å²) in [5, 5.41) is 20.4. The van der Waals surface area contributed by atoms with Crippen molar-refractivity contribution in [2.75, 3.05) is 18.0 Å². The molecule has 4 heterocycles. The van der Waals surface area contributed by atoms with Gasteiger partial charge in [-0.3, -0.25) is 4.68 Å². The van der Waals surface area contributed by atoms with Crippen molar-refractivity contribution in [1.29, 1.82) is 0 Å². The summed E-state index contributed by atoms with van der Waals surface area (Å²) in [7, 11) is 1.95. The van der Waals surface area contributed by atoms with Gasteiger partial charge in [-0.2, -0.15) is 5.10 Å². The van der Waals surface area contributed by atoms with E-state index < -0.39 is 0 Å². The molecule has 24 heavy (non-hydrogen) atoms. The molecule has 9 nitrogen and oxygen atoms in total. The topological polar surface area (TPSA) is 90.7 Å². The molecule has 9 heteroatoms. The molecule has 0 amide bonds. The van der Waals surface area contributed by atoms with Crippen LogP contribution in [-0.4, -0.2) is 48.2 Å². The van der Waals surface area contributed by atoms with Gasteiger partial charge in [0.05, 0.1) is 12.7 Å². The van der Waals surface area contributed by atoms with Gasteiger partial charge in [-0.1, -0.05) is 10.3 Å². The summed E-state index contributed by atoms with van der Waals surface area (Å²) in [6, 6.07) is 1.90. The van der Waals surface area contributed by atoms with Crippen LogP contribution in [0.15, 0.2) is 23.0 Å². The van der Waals surface area contributed by atoms with Crippen LogP contribution in [0.1, 0.15) is 23.4 Å². The third kappa shape index (κ3) is 3.01. The van der Waals surface area contributed by atoms with Crippen LogP contribution in [0.25, 0.3) is 0 Å². The molecule has 0 aromatic carbocycles. The van der Waals surface area contributed by atoms with Gasteiger partial charge >= 0.3 is 0 Å². The molecule has 0 spiro atoms. The molecular weight excluding hydrogens is 308 g/mol. The lowest BCUT2D eigenvalue weighted by molar-refractivity contribution is 0.387. The van der Waals surface area contributed by atoms with E-state index in [1.54, 1.807) is 4.68 Å². The van der Waals surface area contributed by atoms with Crippen molar-refractivity contribution in [2.45, 2.75) is 26.3 Å². The van der Waals surface area contributed by atoms with Crippen LogP contribution in [0.2, 0.25) is 0 Å². The van der Waals surface area contributed by atoms with Crippen LogP contribution >= 0.6 is 0 Å². The Balaban J connectivity index is 1.42. The molecule has 1 saturated heterocycles. The average Bonchev–Trinajstić information content (AvgIpc) is 3.30. The molecular formula is C15H20N8O. The van der Waals surface area contributed by atoms with Gasteiger partial charge in [-0.15, -0.1) is 0 Å². The van der Waals surface area contributed by atoms with E-state index in [1.807, 2.05) is 30.9 Å². The summed E-state index contributed by atoms with van der Waals surface area (Å²) in [5.41, 5.74) is 2.11. The third-order valence-corrected chi connectivity index (χ3v) is 4.35. The maximum Gasteiger partial charge on any atom is 0.245 e. The normalized spacial score (nSPS) is 17.8. The Hall–Kier alpha value is -2.71. The van der Waals surface area contributed by atoms with E-state index in [2.05, 4.69) is 36.9 Å². The zero-order valence-corrected chi connectivity index (χ0v) is 13.8. The van der Waals surface area contributed by atoms with Gasteiger partial charge in [0.25, 0.3) is 0 Å². The van der Waals surface area contributed by atoms with Crippen LogP contribution < -0.4 is 4.90 Å². The monoisotopic (exact) mass is 328 g/mol. The molecule has 0 bridgehead atoms. The van der Waals surface area contributed by atoms with Crippen molar-refractivity contribution in [1.82, 2.24) is 35.1 Å². The maximum absolute atomic E-state index is 5.11. The fourth-order valence-corrected chi connectivity index (χ4v) is 3.27. The second kappa shape index (κ2) is 6.06. The van der Waals surface area contributed by atoms with Crippen molar-refractivity contribution in [3.8, 4) is 0 Å². The Kier molecular flexibility index (Phi) is 3.75. The van der Waals surface area contributed by atoms with Crippen LogP contribution in [0.5, 0.6) is 0 Å². The molecule has 1 unspecified atom stereocenters. The first-order chi connectivity index (χ1) is 11.7. The first kappa shape index (κ1) is 14.9. The molecule has 3 aromatic heterocycles. The highest BCUT2D eigenvalue weighted by molar-refractivity contribution is 5.31. The Morgan fingerprint density at radius 1 is 1.38 bits per heavy atom. The van der Waals surface area contributed by atoms with E-state index in [9.17, 15) is 0 Å². The molecule has 1 aliphatic heterocycles. The summed E-state index contributed by atoms with van der Waals surface area (Å²) in [5.74, 6) is 2.18. The Morgan fingerprint density at radius 3 is 3.04 bits per heavy atom. The predicted molar refractivity (Wildman–Crippen MR) is 85.4 cm³/mol. The largest absolute Gasteiger partial charge is 0.361 e. The molecule has 1 aliphatic rings. The maximum atomic E-state index is 5.11. The molecule has 0 aliphatic carbocycles. The number of aryl methyl sites for hydroxylation is 2. The third-order valence-electron chi connectivity index (χ3n) is 4.35. The summed E-state index contributed by atoms with van der Waals surface area (Å²) in [4.78, 5) is 2.24. The zero-order valence-electron chi connectivity index (χ0n) is 13.8. The number of nitrogens with zero attached hydrogens (tertiary/aromatic N) is 8. The van der Waals surface area contributed by atoms with E-state index in [0.29, 0.717) is 12.5 Å². The second-order valence-electron chi connectivity index (χ2n) is 6.39. The first-order valence-electron chi connectivity index (χ1n) is 8.08. The lowest BCUT2D eigenvalue weighted by Crippen LogP contribution is -2.24. The van der Waals surface area contributed by atoms with Crippen LogP contribution in [0.3, 0.4) is 0 Å². The molecule has 126 valence electrons. The standard InChI is InChI=1S/C15H20N8O/c1-11-5-14(18-24-11)10-23-15(17-19-20-23)22-4-3-12(9-22)6-13-7-16-21(2)8-13/h5,7-8,12H,3-4,6,9-10H2,1-2H3. The minimum absolute atomic E-state index is 0.517. The van der Waals surface area contributed by atoms with Crippen molar-refractivity contribution in [3.63, 3.8) is 0 Å². The fraction of sp³-hybridized carbons (Fsp3) is 0.533. The highest BCUT2D eigenvalue weighted by atomic mass is 16.5. The number of hydrogen-bond acceptors (Lipinski definition) is 7. The van der Waals surface area contributed by atoms with Crippen molar-refractivity contribution in [2.24, 2.45) is 13.0 Å². The van der Waals surface area contributed by atoms with Gasteiger partial charge in [0.2, 0.25) is 5.95 Å². The number of aromatic nitrogens is 7. The Morgan fingerprint density at radius 2 is 2.29 bits per heavy atom. The highest BCUT2D eigenvalue weighted by Crippen LogP contribution is 2.24. The second-order valence-corrected chi connectivity index (χ2v) is 6.39. The Labute approximate surface area is 139 Å². The van der Waals surface area contributed by atoms with Crippen molar-refractivity contribution < 1.29 is 4.52 Å². The van der Waals surface area contributed by atoms with Gasteiger partial charge in [-0.05, 0) is 41.7 Å². The Bertz CT molecular complexity index is 819. The van der Waals surface area contributed by atoms with Gasteiger partial charge in [0, 0.05) is 32.4 Å². The smallest absolute Gasteiger partial charge is 0.245 e. The first-order valence-corrected chi connectivity index (χ1v) is 8.08. The quantitative estimate of drug-likeness (QED) is 0.685. The molecule has 4 rings (SSSR count). The fourth-order valence-electron chi connectivity index (χ4n) is 3.27. The minimum Gasteiger partial charge on any atom is -0.361 e. The molecule has 1 fully saturated rings. The molecule has 3 aromatic rings. The number of tetrazole rings is 1. The lowest BCUT2D eigenvalue weighted by atomic mass is 10.0. The SMILES string of the molecule is Cc1cc(Cn2nnnc2N2CCC(Cc3cnn(C)c3)C2)no1. The van der Waals surface area contributed by atoms with Crippen molar-refractivity contribution >= 4 is 5.95 Å². The van der Waals surface area contributed by atoms with Crippen LogP contribution in [0.4, 0.5) is 5.95 Å². The lowest BCUT2D eigenvalue weighted by Gasteiger charge is -2.16. The van der Waals surface area contributed by atoms with E-state index >= 15 is 0 Å². The van der Waals surface area contributed by atoms with Gasteiger partial charge in [0.15, 0.2) is 0 Å². The minimum atomic E-state index is 0.517. The summed E-state index contributed by atoms with van der Waals surface area (Å²) >= 11 is 0. The number of hydrogen-bond donors (Lipinski definition) is 0. The molecule has 0 N–H and O–H groups in total. The van der Waals surface area contributed by atoms with E-state index in [-0.39, 0.29) is 0 Å². The van der Waals surface area contributed by atoms with E-state index in [0.717, 1.165) is 43.3 Å². The summed E-state index contributed by atoms with van der Waals surface area (Å²) in [6.45, 7) is 4.31. The van der Waals surface area contributed by atoms with Gasteiger partial charge < -0.3 is 9.42 Å². The number of anilines is 1. The van der Waals surface area contributed by atoms with Crippen LogP contribution in [-0.2, 0) is 20.0 Å². The zero-order chi connectivity index (χ0) is 16.5. The highest BCUT2D eigenvalue weighted by Gasteiger charge is 2.27. The van der Waals surface area contributed by atoms with Crippen molar-refractivity contribution in [3.05, 3.63) is 35.5 Å². The van der Waals surface area contributed by atoms with E-state index in [4.69, 9.17) is 4.52 Å². The number of rotatable bonds is 5. The predicted octanol–water partition coefficient (Wildman–Crippen LogP) is 0.820. The molecule has 0 saturated carbocycles. The summed E-state index contributed by atoms with van der Waals surface area (Å²) in [6.07, 6.45) is 6.19. The van der Waals surface area contributed by atoms with Gasteiger partial charge in [-0.25, -0.2) is 4.68 Å². The van der Waals surface area contributed by atoms with E-state index in [1.165, 1.54) is 5.56 Å².